The molecule has 2 aromatic rings. The van der Waals surface area contributed by atoms with Crippen LogP contribution in [0.25, 0.3) is 0 Å². The Kier molecular flexibility index (Phi) is 3.29. The molecule has 0 bridgehead atoms. The lowest BCUT2D eigenvalue weighted by molar-refractivity contribution is 0.0990. The van der Waals surface area contributed by atoms with Crippen LogP contribution in [0.1, 0.15) is 10.4 Å². The Bertz CT molecular complexity index is 626. The van der Waals surface area contributed by atoms with Crippen LogP contribution in [-0.4, -0.2) is 23.2 Å². The molecule has 98 valence electrons. The van der Waals surface area contributed by atoms with Gasteiger partial charge in [0.1, 0.15) is 5.75 Å². The Balaban J connectivity index is 2.36. The minimum absolute atomic E-state index is 0.0638. The molecular weight excluding hydrogens is 244 g/mol. The standard InChI is InChI=1S/C14H14N2O3/c1-16(9-4-2-5-10(17)8-9)14(19)11-6-3-7-12(15)13(11)18/h2-8,17-18H,15H2,1H3. The number of phenols is 2. The van der Waals surface area contributed by atoms with E-state index < -0.39 is 5.91 Å². The number of hydrogen-bond acceptors (Lipinski definition) is 4. The van der Waals surface area contributed by atoms with E-state index in [1.807, 2.05) is 0 Å². The summed E-state index contributed by atoms with van der Waals surface area (Å²) in [6, 6.07) is 10.9. The summed E-state index contributed by atoms with van der Waals surface area (Å²) in [6.45, 7) is 0. The van der Waals surface area contributed by atoms with Crippen LogP contribution < -0.4 is 10.6 Å². The highest BCUT2D eigenvalue weighted by Crippen LogP contribution is 2.27. The lowest BCUT2D eigenvalue weighted by Gasteiger charge is -2.18. The molecule has 0 heterocycles. The zero-order valence-corrected chi connectivity index (χ0v) is 10.4. The van der Waals surface area contributed by atoms with Gasteiger partial charge in [-0.05, 0) is 24.3 Å². The lowest BCUT2D eigenvalue weighted by atomic mass is 10.1. The van der Waals surface area contributed by atoms with Crippen LogP contribution in [0.5, 0.6) is 11.5 Å². The second-order valence-corrected chi connectivity index (χ2v) is 4.13. The van der Waals surface area contributed by atoms with Crippen molar-refractivity contribution in [3.63, 3.8) is 0 Å². The van der Waals surface area contributed by atoms with Crippen LogP contribution in [0.15, 0.2) is 42.5 Å². The average Bonchev–Trinajstić information content (AvgIpc) is 2.40. The zero-order chi connectivity index (χ0) is 14.0. The Morgan fingerprint density at radius 2 is 1.84 bits per heavy atom. The molecule has 0 fully saturated rings. The molecule has 0 aliphatic rings. The fourth-order valence-electron chi connectivity index (χ4n) is 1.73. The molecule has 2 rings (SSSR count). The first kappa shape index (κ1) is 12.8. The number of para-hydroxylation sites is 1. The van der Waals surface area contributed by atoms with Crippen molar-refractivity contribution in [3.8, 4) is 11.5 Å². The molecule has 0 radical (unpaired) electrons. The van der Waals surface area contributed by atoms with Crippen LogP contribution in [0.3, 0.4) is 0 Å². The Morgan fingerprint density at radius 3 is 2.53 bits per heavy atom. The van der Waals surface area contributed by atoms with E-state index in [2.05, 4.69) is 0 Å². The predicted molar refractivity (Wildman–Crippen MR) is 73.4 cm³/mol. The van der Waals surface area contributed by atoms with Crippen molar-refractivity contribution in [2.24, 2.45) is 0 Å². The van der Waals surface area contributed by atoms with Crippen LogP contribution in [0.2, 0.25) is 0 Å². The number of benzene rings is 2. The molecule has 2 aromatic carbocycles. The minimum atomic E-state index is -0.407. The summed E-state index contributed by atoms with van der Waals surface area (Å²) >= 11 is 0. The van der Waals surface area contributed by atoms with E-state index in [0.29, 0.717) is 5.69 Å². The number of amides is 1. The summed E-state index contributed by atoms with van der Waals surface area (Å²) in [4.78, 5) is 13.6. The first-order valence-electron chi connectivity index (χ1n) is 5.65. The Morgan fingerprint density at radius 1 is 1.16 bits per heavy atom. The average molecular weight is 258 g/mol. The van der Waals surface area contributed by atoms with E-state index in [0.717, 1.165) is 0 Å². The molecule has 0 aliphatic carbocycles. The van der Waals surface area contributed by atoms with Gasteiger partial charge in [0.2, 0.25) is 0 Å². The Hall–Kier alpha value is -2.69. The molecule has 5 nitrogen and oxygen atoms in total. The third-order valence-corrected chi connectivity index (χ3v) is 2.82. The van der Waals surface area contributed by atoms with Crippen LogP contribution in [0.4, 0.5) is 11.4 Å². The highest BCUT2D eigenvalue weighted by molar-refractivity contribution is 6.08. The van der Waals surface area contributed by atoms with E-state index in [9.17, 15) is 15.0 Å². The number of aromatic hydroxyl groups is 2. The van der Waals surface area contributed by atoms with Crippen molar-refractivity contribution in [3.05, 3.63) is 48.0 Å². The third kappa shape index (κ3) is 2.44. The van der Waals surface area contributed by atoms with Gasteiger partial charge in [-0.2, -0.15) is 0 Å². The summed E-state index contributed by atoms with van der Waals surface area (Å²) in [5.74, 6) is -0.580. The highest BCUT2D eigenvalue weighted by Gasteiger charge is 2.18. The number of rotatable bonds is 2. The summed E-state index contributed by atoms with van der Waals surface area (Å²) in [6.07, 6.45) is 0. The molecule has 5 heteroatoms. The maximum atomic E-state index is 12.3. The molecule has 19 heavy (non-hydrogen) atoms. The number of phenolic OH excluding ortho intramolecular Hbond substituents is 2. The van der Waals surface area contributed by atoms with Crippen molar-refractivity contribution in [1.29, 1.82) is 0 Å². The molecular formula is C14H14N2O3. The summed E-state index contributed by atoms with van der Waals surface area (Å²) < 4.78 is 0. The summed E-state index contributed by atoms with van der Waals surface area (Å²) in [5, 5.41) is 19.2. The van der Waals surface area contributed by atoms with Crippen LogP contribution in [0, 0.1) is 0 Å². The fourth-order valence-corrected chi connectivity index (χ4v) is 1.73. The van der Waals surface area contributed by atoms with Crippen molar-refractivity contribution < 1.29 is 15.0 Å². The van der Waals surface area contributed by atoms with Crippen molar-refractivity contribution in [2.75, 3.05) is 17.7 Å². The quantitative estimate of drug-likeness (QED) is 0.567. The van der Waals surface area contributed by atoms with E-state index >= 15 is 0 Å². The predicted octanol–water partition coefficient (Wildman–Crippen LogP) is 1.96. The van der Waals surface area contributed by atoms with Crippen molar-refractivity contribution >= 4 is 17.3 Å². The smallest absolute Gasteiger partial charge is 0.261 e. The first-order valence-corrected chi connectivity index (χ1v) is 5.65. The lowest BCUT2D eigenvalue weighted by Crippen LogP contribution is -2.26. The molecule has 4 N–H and O–H groups in total. The molecule has 0 saturated carbocycles. The Labute approximate surface area is 110 Å². The maximum Gasteiger partial charge on any atom is 0.261 e. The first-order chi connectivity index (χ1) is 9.00. The number of carbonyl (C=O) groups excluding carboxylic acids is 1. The van der Waals surface area contributed by atoms with Gasteiger partial charge >= 0.3 is 0 Å². The topological polar surface area (TPSA) is 86.8 Å². The molecule has 0 atom stereocenters. The molecule has 0 saturated heterocycles. The number of anilines is 2. The van der Waals surface area contributed by atoms with Gasteiger partial charge in [-0.15, -0.1) is 0 Å². The number of nitrogen functional groups attached to an aromatic ring is 1. The third-order valence-electron chi connectivity index (χ3n) is 2.82. The van der Waals surface area contributed by atoms with Crippen molar-refractivity contribution in [2.45, 2.75) is 0 Å². The maximum absolute atomic E-state index is 12.3. The number of nitrogens with two attached hydrogens (primary N) is 1. The highest BCUT2D eigenvalue weighted by atomic mass is 16.3. The van der Waals surface area contributed by atoms with E-state index in [-0.39, 0.29) is 22.7 Å². The SMILES string of the molecule is CN(C(=O)c1cccc(N)c1O)c1cccc(O)c1. The minimum Gasteiger partial charge on any atom is -0.508 e. The molecule has 0 unspecified atom stereocenters. The second kappa shape index (κ2) is 4.89. The number of hydrogen-bond donors (Lipinski definition) is 3. The zero-order valence-electron chi connectivity index (χ0n) is 10.4. The summed E-state index contributed by atoms with van der Waals surface area (Å²) in [7, 11) is 1.56. The van der Waals surface area contributed by atoms with Gasteiger partial charge in [-0.25, -0.2) is 0 Å². The molecule has 0 aliphatic heterocycles. The largest absolute Gasteiger partial charge is 0.508 e. The van der Waals surface area contributed by atoms with Gasteiger partial charge in [-0.1, -0.05) is 12.1 Å². The number of carbonyl (C=O) groups is 1. The normalized spacial score (nSPS) is 10.2. The van der Waals surface area contributed by atoms with E-state index in [4.69, 9.17) is 5.73 Å². The van der Waals surface area contributed by atoms with Gasteiger partial charge in [-0.3, -0.25) is 4.79 Å². The molecule has 0 spiro atoms. The molecule has 1 amide bonds. The van der Waals surface area contributed by atoms with Gasteiger partial charge in [0, 0.05) is 18.8 Å². The van der Waals surface area contributed by atoms with Crippen molar-refractivity contribution in [1.82, 2.24) is 0 Å². The van der Waals surface area contributed by atoms with Crippen LogP contribution >= 0.6 is 0 Å². The van der Waals surface area contributed by atoms with Gasteiger partial charge < -0.3 is 20.8 Å². The van der Waals surface area contributed by atoms with Gasteiger partial charge in [0.05, 0.1) is 11.3 Å². The summed E-state index contributed by atoms with van der Waals surface area (Å²) in [5.41, 5.74) is 6.35. The van der Waals surface area contributed by atoms with E-state index in [1.165, 1.54) is 29.2 Å². The fraction of sp³-hybridized carbons (Fsp3) is 0.0714. The van der Waals surface area contributed by atoms with E-state index in [1.54, 1.807) is 25.2 Å². The number of nitrogens with zero attached hydrogens (tertiary/aromatic N) is 1. The van der Waals surface area contributed by atoms with Gasteiger partial charge in [0.25, 0.3) is 5.91 Å². The van der Waals surface area contributed by atoms with Gasteiger partial charge in [0.15, 0.2) is 5.75 Å². The molecule has 0 aromatic heterocycles. The van der Waals surface area contributed by atoms with Crippen LogP contribution in [-0.2, 0) is 0 Å². The monoisotopic (exact) mass is 258 g/mol. The second-order valence-electron chi connectivity index (χ2n) is 4.13.